The fourth-order valence-corrected chi connectivity index (χ4v) is 2.11. The highest BCUT2D eigenvalue weighted by Gasteiger charge is 2.12. The predicted octanol–water partition coefficient (Wildman–Crippen LogP) is 0.587. The molecule has 1 atom stereocenters. The molecule has 1 heterocycles. The van der Waals surface area contributed by atoms with Gasteiger partial charge in [0.25, 0.3) is 0 Å². The first-order valence-corrected chi connectivity index (χ1v) is 6.21. The molecule has 0 bridgehead atoms. The van der Waals surface area contributed by atoms with E-state index in [-0.39, 0.29) is 11.9 Å². The highest BCUT2D eigenvalue weighted by molar-refractivity contribution is 5.85. The molecule has 1 rings (SSSR count). The van der Waals surface area contributed by atoms with Crippen molar-refractivity contribution in [2.24, 2.45) is 10.9 Å². The number of nitrogens with zero attached hydrogens (tertiary/aromatic N) is 2. The highest BCUT2D eigenvalue weighted by atomic mass is 16.4. The molecule has 0 aromatic carbocycles. The number of nitrogens with one attached hydrogen (secondary N) is 1. The van der Waals surface area contributed by atoms with Crippen molar-refractivity contribution in [2.45, 2.75) is 38.6 Å². The van der Waals surface area contributed by atoms with Crippen molar-refractivity contribution < 1.29 is 5.21 Å². The van der Waals surface area contributed by atoms with Gasteiger partial charge in [0.05, 0.1) is 6.04 Å². The van der Waals surface area contributed by atoms with Gasteiger partial charge < -0.3 is 21.2 Å². The van der Waals surface area contributed by atoms with Gasteiger partial charge in [-0.05, 0) is 51.9 Å². The zero-order valence-electron chi connectivity index (χ0n) is 10.2. The fraction of sp³-hybridized carbons (Fsp3) is 0.909. The van der Waals surface area contributed by atoms with Crippen molar-refractivity contribution >= 4 is 5.84 Å². The van der Waals surface area contributed by atoms with Crippen LogP contribution in [0.1, 0.15) is 32.6 Å². The topological polar surface area (TPSA) is 73.9 Å². The van der Waals surface area contributed by atoms with Gasteiger partial charge in [-0.25, -0.2) is 0 Å². The molecule has 1 fully saturated rings. The Labute approximate surface area is 97.7 Å². The summed E-state index contributed by atoms with van der Waals surface area (Å²) in [6.07, 6.45) is 4.65. The molecule has 0 spiro atoms. The van der Waals surface area contributed by atoms with Crippen LogP contribution < -0.4 is 11.1 Å². The summed E-state index contributed by atoms with van der Waals surface area (Å²) in [6.45, 7) is 6.59. The van der Waals surface area contributed by atoms with Crippen LogP contribution in [-0.2, 0) is 0 Å². The molecule has 0 aromatic heterocycles. The average molecular weight is 228 g/mol. The Morgan fingerprint density at radius 1 is 1.50 bits per heavy atom. The van der Waals surface area contributed by atoms with Gasteiger partial charge >= 0.3 is 0 Å². The predicted molar refractivity (Wildman–Crippen MR) is 65.8 cm³/mol. The van der Waals surface area contributed by atoms with Crippen LogP contribution in [-0.4, -0.2) is 48.2 Å². The molecule has 0 aromatic rings. The Balaban J connectivity index is 2.08. The van der Waals surface area contributed by atoms with Gasteiger partial charge in [0.15, 0.2) is 5.84 Å². The summed E-state index contributed by atoms with van der Waals surface area (Å²) in [5, 5.41) is 14.9. The Morgan fingerprint density at radius 3 is 2.75 bits per heavy atom. The number of likely N-dealkylation sites (tertiary alicyclic amines) is 1. The second kappa shape index (κ2) is 7.46. The summed E-state index contributed by atoms with van der Waals surface area (Å²) in [4.78, 5) is 2.49. The van der Waals surface area contributed by atoms with E-state index in [4.69, 9.17) is 10.9 Å². The molecule has 5 nitrogen and oxygen atoms in total. The SMILES string of the molecule is CCC(NCCCN1CCCC1)C(N)=NO. The molecule has 0 saturated carbocycles. The van der Waals surface area contributed by atoms with Crippen LogP contribution in [0.2, 0.25) is 0 Å². The summed E-state index contributed by atoms with van der Waals surface area (Å²) >= 11 is 0. The van der Waals surface area contributed by atoms with Crippen molar-refractivity contribution in [2.75, 3.05) is 26.2 Å². The molecule has 1 unspecified atom stereocenters. The van der Waals surface area contributed by atoms with Crippen molar-refractivity contribution in [3.63, 3.8) is 0 Å². The fourth-order valence-electron chi connectivity index (χ4n) is 2.11. The lowest BCUT2D eigenvalue weighted by atomic mass is 10.2. The van der Waals surface area contributed by atoms with Crippen molar-refractivity contribution in [3.8, 4) is 0 Å². The van der Waals surface area contributed by atoms with Gasteiger partial charge in [-0.3, -0.25) is 0 Å². The summed E-state index contributed by atoms with van der Waals surface area (Å²) in [5.74, 6) is 0.281. The molecule has 16 heavy (non-hydrogen) atoms. The Kier molecular flexibility index (Phi) is 6.18. The number of hydrogen-bond acceptors (Lipinski definition) is 4. The second-order valence-electron chi connectivity index (χ2n) is 4.34. The smallest absolute Gasteiger partial charge is 0.156 e. The van der Waals surface area contributed by atoms with E-state index in [1.54, 1.807) is 0 Å². The van der Waals surface area contributed by atoms with Crippen LogP contribution in [0.15, 0.2) is 5.16 Å². The van der Waals surface area contributed by atoms with Crippen LogP contribution in [0.3, 0.4) is 0 Å². The summed E-state index contributed by atoms with van der Waals surface area (Å²) in [7, 11) is 0. The Bertz CT molecular complexity index is 214. The first-order chi connectivity index (χ1) is 7.77. The standard InChI is InChI=1S/C11H24N4O/c1-2-10(11(12)14-16)13-6-5-9-15-7-3-4-8-15/h10,13,16H,2-9H2,1H3,(H2,12,14). The van der Waals surface area contributed by atoms with E-state index in [0.29, 0.717) is 0 Å². The normalized spacial score (nSPS) is 20.2. The molecular weight excluding hydrogens is 204 g/mol. The van der Waals surface area contributed by atoms with Crippen molar-refractivity contribution in [1.29, 1.82) is 0 Å². The maximum absolute atomic E-state index is 8.58. The Morgan fingerprint density at radius 2 is 2.19 bits per heavy atom. The molecule has 0 amide bonds. The maximum atomic E-state index is 8.58. The van der Waals surface area contributed by atoms with E-state index in [1.807, 2.05) is 6.92 Å². The van der Waals surface area contributed by atoms with Gasteiger partial charge in [0, 0.05) is 0 Å². The number of hydrogen-bond donors (Lipinski definition) is 3. The van der Waals surface area contributed by atoms with Gasteiger partial charge in [-0.1, -0.05) is 12.1 Å². The number of amidine groups is 1. The molecule has 4 N–H and O–H groups in total. The molecular formula is C11H24N4O. The van der Waals surface area contributed by atoms with Gasteiger partial charge in [0.1, 0.15) is 0 Å². The first-order valence-electron chi connectivity index (χ1n) is 6.21. The van der Waals surface area contributed by atoms with Gasteiger partial charge in [0.2, 0.25) is 0 Å². The van der Waals surface area contributed by atoms with Gasteiger partial charge in [-0.2, -0.15) is 0 Å². The minimum absolute atomic E-state index is 0.00331. The molecule has 94 valence electrons. The molecule has 5 heteroatoms. The molecule has 0 aliphatic carbocycles. The third-order valence-electron chi connectivity index (χ3n) is 3.12. The van der Waals surface area contributed by atoms with Crippen LogP contribution in [0, 0.1) is 0 Å². The number of rotatable bonds is 7. The van der Waals surface area contributed by atoms with E-state index < -0.39 is 0 Å². The average Bonchev–Trinajstić information content (AvgIpc) is 2.81. The Hall–Kier alpha value is -0.810. The summed E-state index contributed by atoms with van der Waals surface area (Å²) in [5.41, 5.74) is 5.56. The third kappa shape index (κ3) is 4.37. The quantitative estimate of drug-likeness (QED) is 0.196. The van der Waals surface area contributed by atoms with Crippen LogP contribution in [0.25, 0.3) is 0 Å². The second-order valence-corrected chi connectivity index (χ2v) is 4.34. The minimum atomic E-state index is 0.00331. The third-order valence-corrected chi connectivity index (χ3v) is 3.12. The first kappa shape index (κ1) is 13.3. The number of nitrogens with two attached hydrogens (primary N) is 1. The minimum Gasteiger partial charge on any atom is -0.409 e. The van der Waals surface area contributed by atoms with Crippen LogP contribution in [0.4, 0.5) is 0 Å². The molecule has 1 aliphatic rings. The van der Waals surface area contributed by atoms with Crippen molar-refractivity contribution in [1.82, 2.24) is 10.2 Å². The van der Waals surface area contributed by atoms with E-state index in [9.17, 15) is 0 Å². The number of oxime groups is 1. The lowest BCUT2D eigenvalue weighted by Gasteiger charge is -2.17. The van der Waals surface area contributed by atoms with Crippen molar-refractivity contribution in [3.05, 3.63) is 0 Å². The molecule has 1 saturated heterocycles. The van der Waals surface area contributed by atoms with Crippen LogP contribution >= 0.6 is 0 Å². The lowest BCUT2D eigenvalue weighted by Crippen LogP contribution is -2.42. The zero-order valence-corrected chi connectivity index (χ0v) is 10.2. The monoisotopic (exact) mass is 228 g/mol. The lowest BCUT2D eigenvalue weighted by molar-refractivity contribution is 0.312. The van der Waals surface area contributed by atoms with E-state index >= 15 is 0 Å². The zero-order chi connectivity index (χ0) is 11.8. The van der Waals surface area contributed by atoms with Gasteiger partial charge in [-0.15, -0.1) is 0 Å². The molecule has 1 aliphatic heterocycles. The van der Waals surface area contributed by atoms with Crippen LogP contribution in [0.5, 0.6) is 0 Å². The highest BCUT2D eigenvalue weighted by Crippen LogP contribution is 2.06. The molecule has 0 radical (unpaired) electrons. The van der Waals surface area contributed by atoms with E-state index in [2.05, 4.69) is 15.4 Å². The van der Waals surface area contributed by atoms with E-state index in [0.717, 1.165) is 25.9 Å². The maximum Gasteiger partial charge on any atom is 0.156 e. The largest absolute Gasteiger partial charge is 0.409 e. The van der Waals surface area contributed by atoms with E-state index in [1.165, 1.54) is 25.9 Å². The summed E-state index contributed by atoms with van der Waals surface area (Å²) < 4.78 is 0. The summed E-state index contributed by atoms with van der Waals surface area (Å²) in [6, 6.07) is 0.00331.